The van der Waals surface area contributed by atoms with Crippen LogP contribution >= 0.6 is 67.0 Å². The lowest BCUT2D eigenvalue weighted by atomic mass is 9.87. The molecule has 0 aromatic carbocycles. The molecular weight excluding hydrogens is 822 g/mol. The largest absolute Gasteiger partial charge is 0.363 e. The van der Waals surface area contributed by atoms with E-state index < -0.39 is 16.5 Å². The van der Waals surface area contributed by atoms with Gasteiger partial charge in [0.25, 0.3) is 5.91 Å². The molecule has 0 unspecified atom stereocenters. The van der Waals surface area contributed by atoms with Crippen LogP contribution in [0.3, 0.4) is 0 Å². The van der Waals surface area contributed by atoms with Crippen molar-refractivity contribution < 1.29 is 22.2 Å². The Kier molecular flexibility index (Phi) is 31.8. The van der Waals surface area contributed by atoms with E-state index in [1.807, 2.05) is 39.8 Å². The summed E-state index contributed by atoms with van der Waals surface area (Å²) < 4.78 is 11.3. The van der Waals surface area contributed by atoms with E-state index in [2.05, 4.69) is 95.3 Å². The van der Waals surface area contributed by atoms with Gasteiger partial charge in [-0.25, -0.2) is 0 Å². The van der Waals surface area contributed by atoms with E-state index in [-0.39, 0.29) is 30.7 Å². The van der Waals surface area contributed by atoms with Crippen molar-refractivity contribution in [2.45, 2.75) is 97.0 Å². The van der Waals surface area contributed by atoms with E-state index in [0.717, 1.165) is 50.0 Å². The highest BCUT2D eigenvalue weighted by atomic mass is 127. The molecule has 0 aromatic heterocycles. The molecule has 284 valence electrons. The third kappa shape index (κ3) is 29.5. The van der Waals surface area contributed by atoms with E-state index in [4.69, 9.17) is 7.80 Å². The molecular formula is C37H60IN3O5S4. The van der Waals surface area contributed by atoms with Crippen molar-refractivity contribution in [3.05, 3.63) is 72.9 Å². The number of ether oxygens (including phenoxy) is 1. The zero-order valence-corrected chi connectivity index (χ0v) is 36.0. The van der Waals surface area contributed by atoms with E-state index >= 15 is 0 Å². The predicted octanol–water partition coefficient (Wildman–Crippen LogP) is 9.29. The molecule has 0 saturated carbocycles. The lowest BCUT2D eigenvalue weighted by molar-refractivity contribution is -0.134. The molecule has 0 bridgehead atoms. The average molecular weight is 882 g/mol. The Balaban J connectivity index is 3.84. The monoisotopic (exact) mass is 881 g/mol. The third-order valence-corrected chi connectivity index (χ3v) is 11.5. The molecule has 0 aliphatic heterocycles. The number of amides is 3. The van der Waals surface area contributed by atoms with Gasteiger partial charge in [0.1, 0.15) is 27.9 Å². The first-order valence-corrected chi connectivity index (χ1v) is 22.4. The van der Waals surface area contributed by atoms with Gasteiger partial charge in [-0.15, -0.1) is 11.7 Å². The first-order valence-electron chi connectivity index (χ1n) is 17.2. The molecule has 3 amide bonds. The van der Waals surface area contributed by atoms with Crippen molar-refractivity contribution in [1.29, 1.82) is 0 Å². The molecule has 0 spiro atoms. The van der Waals surface area contributed by atoms with Gasteiger partial charge in [-0.3, -0.25) is 14.4 Å². The van der Waals surface area contributed by atoms with Crippen LogP contribution in [0.4, 0.5) is 0 Å². The summed E-state index contributed by atoms with van der Waals surface area (Å²) in [6.45, 7) is 11.4. The standard InChI is InChI=1S/C37H60IN3O5S4/c1-6-7-8-9-10-11-12-13-14-15-16-17-18-19-20-21-22-23-24-32(42)39-27-29-48-49-30-28-40-33(43)25-26-41-35(44)34(46-38)36(2,3)31-45-37(4,5)50-47/h7-8,10-11,13-14,16-17,19-20,22-23,34,47H,6,9,12,15,18,21,24-31H2,1-5H3,(H,39,42)(H,40,43)(H,41,44)/b8-7-,11-10-,14-13-,17-16-,20-19-,23-22-/t34-/m0/s1. The van der Waals surface area contributed by atoms with Gasteiger partial charge in [-0.2, -0.15) is 0 Å². The molecule has 3 N–H and O–H groups in total. The van der Waals surface area contributed by atoms with Crippen molar-refractivity contribution in [1.82, 2.24) is 16.0 Å². The number of hydrogen-bond acceptors (Lipinski definition) is 9. The van der Waals surface area contributed by atoms with Crippen LogP contribution in [0.1, 0.15) is 86.0 Å². The Morgan fingerprint density at radius 1 is 0.700 bits per heavy atom. The van der Waals surface area contributed by atoms with Crippen LogP contribution in [-0.4, -0.2) is 66.5 Å². The molecule has 0 fully saturated rings. The molecule has 13 heteroatoms. The van der Waals surface area contributed by atoms with Crippen LogP contribution in [0.2, 0.25) is 0 Å². The fraction of sp³-hybridized carbons (Fsp3) is 0.595. The van der Waals surface area contributed by atoms with Crippen molar-refractivity contribution >= 4 is 84.8 Å². The first kappa shape index (κ1) is 48.9. The quantitative estimate of drug-likeness (QED) is 0.0141. The minimum absolute atomic E-state index is 0.0137. The lowest BCUT2D eigenvalue weighted by Gasteiger charge is -2.34. The number of nitrogens with one attached hydrogen (secondary N) is 3. The Hall–Kier alpha value is -1.10. The number of allylic oxidation sites excluding steroid dienone is 11. The summed E-state index contributed by atoms with van der Waals surface area (Å²) in [7, 11) is 4.60. The minimum Gasteiger partial charge on any atom is -0.363 e. The van der Waals surface area contributed by atoms with Gasteiger partial charge in [0, 0.05) is 49.4 Å². The normalized spacial score (nSPS) is 13.5. The Morgan fingerprint density at radius 3 is 1.62 bits per heavy atom. The summed E-state index contributed by atoms with van der Waals surface area (Å²) in [4.78, 5) is 36.4. The smallest absolute Gasteiger partial charge is 0.250 e. The molecule has 8 nitrogen and oxygen atoms in total. The lowest BCUT2D eigenvalue weighted by Crippen LogP contribution is -2.47. The van der Waals surface area contributed by atoms with Crippen LogP contribution < -0.4 is 16.0 Å². The van der Waals surface area contributed by atoms with Crippen LogP contribution in [0, 0.1) is 5.41 Å². The number of thiol groups is 1. The van der Waals surface area contributed by atoms with Gasteiger partial charge >= 0.3 is 0 Å². The summed E-state index contributed by atoms with van der Waals surface area (Å²) in [6.07, 6.45) is 31.3. The minimum atomic E-state index is -0.734. The molecule has 50 heavy (non-hydrogen) atoms. The number of rotatable bonds is 30. The maximum Gasteiger partial charge on any atom is 0.250 e. The summed E-state index contributed by atoms with van der Waals surface area (Å²) in [5, 5.41) is 8.59. The zero-order chi connectivity index (χ0) is 37.4. The molecule has 0 heterocycles. The Morgan fingerprint density at radius 2 is 1.16 bits per heavy atom. The fourth-order valence-electron chi connectivity index (χ4n) is 3.82. The molecule has 0 rings (SSSR count). The second kappa shape index (κ2) is 32.5. The van der Waals surface area contributed by atoms with Gasteiger partial charge in [-0.05, 0) is 52.4 Å². The molecule has 0 aromatic rings. The average Bonchev–Trinajstić information content (AvgIpc) is 3.08. The number of carbonyl (C=O) groups excluding carboxylic acids is 3. The third-order valence-electron chi connectivity index (χ3n) is 6.70. The number of hydrogen-bond donors (Lipinski definition) is 4. The first-order chi connectivity index (χ1) is 24.0. The van der Waals surface area contributed by atoms with Gasteiger partial charge in [-0.1, -0.05) is 126 Å². The van der Waals surface area contributed by atoms with Gasteiger partial charge in [0.15, 0.2) is 6.10 Å². The number of halogens is 1. The summed E-state index contributed by atoms with van der Waals surface area (Å²) in [6, 6.07) is 0. The summed E-state index contributed by atoms with van der Waals surface area (Å²) in [5.41, 5.74) is -0.582. The highest BCUT2D eigenvalue weighted by Gasteiger charge is 2.38. The van der Waals surface area contributed by atoms with E-state index in [1.54, 1.807) is 44.6 Å². The van der Waals surface area contributed by atoms with Crippen LogP contribution in [0.25, 0.3) is 0 Å². The van der Waals surface area contributed by atoms with Crippen LogP contribution in [0.15, 0.2) is 72.9 Å². The Labute approximate surface area is 333 Å². The highest BCUT2D eigenvalue weighted by Crippen LogP contribution is 2.33. The van der Waals surface area contributed by atoms with Crippen molar-refractivity contribution in [3.8, 4) is 0 Å². The van der Waals surface area contributed by atoms with E-state index in [1.165, 1.54) is 10.8 Å². The molecule has 0 radical (unpaired) electrons. The molecule has 0 aliphatic rings. The van der Waals surface area contributed by atoms with Gasteiger partial charge in [0.2, 0.25) is 11.8 Å². The van der Waals surface area contributed by atoms with Crippen LogP contribution in [-0.2, 0) is 22.2 Å². The zero-order valence-electron chi connectivity index (χ0n) is 30.5. The molecule has 0 saturated heterocycles. The summed E-state index contributed by atoms with van der Waals surface area (Å²) >= 11 is 5.95. The van der Waals surface area contributed by atoms with E-state index in [9.17, 15) is 14.4 Å². The highest BCUT2D eigenvalue weighted by molar-refractivity contribution is 14.1. The molecule has 0 aliphatic carbocycles. The van der Waals surface area contributed by atoms with Gasteiger partial charge in [0.05, 0.1) is 6.61 Å². The summed E-state index contributed by atoms with van der Waals surface area (Å²) in [5.74, 6) is 1.13. The van der Waals surface area contributed by atoms with Crippen LogP contribution in [0.5, 0.6) is 0 Å². The van der Waals surface area contributed by atoms with Crippen molar-refractivity contribution in [2.75, 3.05) is 37.7 Å². The maximum atomic E-state index is 12.7. The van der Waals surface area contributed by atoms with Crippen molar-refractivity contribution in [3.63, 3.8) is 0 Å². The van der Waals surface area contributed by atoms with Gasteiger partial charge < -0.3 is 23.8 Å². The number of carbonyl (C=O) groups is 3. The topological polar surface area (TPSA) is 106 Å². The van der Waals surface area contributed by atoms with Crippen molar-refractivity contribution in [2.24, 2.45) is 5.41 Å². The molecule has 1 atom stereocenters. The van der Waals surface area contributed by atoms with E-state index in [0.29, 0.717) is 26.1 Å². The Bertz CT molecular complexity index is 1110. The second-order valence-corrected chi connectivity index (χ2v) is 17.2. The maximum absolute atomic E-state index is 12.7. The predicted molar refractivity (Wildman–Crippen MR) is 231 cm³/mol. The fourth-order valence-corrected chi connectivity index (χ4v) is 6.83. The SMILES string of the molecule is CC/C=C\C/C=C\C/C=C\C/C=C\C/C=C\C/C=C\CC(=O)NCCSSCCNC(=O)CCNC(=O)[C@H](OI)C(C)(C)COC(C)(C)SS. The second-order valence-electron chi connectivity index (χ2n) is 12.2.